The summed E-state index contributed by atoms with van der Waals surface area (Å²) in [7, 11) is 3.29. The van der Waals surface area contributed by atoms with Gasteiger partial charge in [-0.2, -0.15) is 0 Å². The Bertz CT molecular complexity index is 807. The van der Waals surface area contributed by atoms with Crippen molar-refractivity contribution in [3.8, 4) is 5.75 Å². The molecule has 2 amide bonds. The van der Waals surface area contributed by atoms with E-state index in [1.54, 1.807) is 31.2 Å². The highest BCUT2D eigenvalue weighted by Gasteiger charge is 2.29. The van der Waals surface area contributed by atoms with Crippen molar-refractivity contribution in [1.29, 1.82) is 0 Å². The van der Waals surface area contributed by atoms with E-state index >= 15 is 0 Å². The molecule has 0 aliphatic carbocycles. The highest BCUT2D eigenvalue weighted by molar-refractivity contribution is 9.10. The SMILES string of the molecule is COc1cccc(CN2CC(=O)N(C)c3cc(Br)ccc3C2=O)c1. The van der Waals surface area contributed by atoms with Gasteiger partial charge in [-0.05, 0) is 35.9 Å². The summed E-state index contributed by atoms with van der Waals surface area (Å²) >= 11 is 3.39. The number of nitrogens with zero attached hydrogens (tertiary/aromatic N) is 2. The number of hydrogen-bond acceptors (Lipinski definition) is 3. The van der Waals surface area contributed by atoms with Crippen LogP contribution in [0.1, 0.15) is 15.9 Å². The molecule has 5 nitrogen and oxygen atoms in total. The van der Waals surface area contributed by atoms with Crippen LogP contribution in [0.25, 0.3) is 0 Å². The lowest BCUT2D eigenvalue weighted by molar-refractivity contribution is -0.118. The molecule has 6 heteroatoms. The first kappa shape index (κ1) is 16.5. The Labute approximate surface area is 148 Å². The quantitative estimate of drug-likeness (QED) is 0.811. The van der Waals surface area contributed by atoms with E-state index in [0.29, 0.717) is 17.8 Å². The molecule has 0 saturated heterocycles. The number of hydrogen-bond donors (Lipinski definition) is 0. The van der Waals surface area contributed by atoms with Crippen molar-refractivity contribution in [2.75, 3.05) is 25.6 Å². The number of rotatable bonds is 3. The predicted octanol–water partition coefficient (Wildman–Crippen LogP) is 3.08. The van der Waals surface area contributed by atoms with E-state index in [0.717, 1.165) is 15.8 Å². The van der Waals surface area contributed by atoms with E-state index in [9.17, 15) is 9.59 Å². The van der Waals surface area contributed by atoms with Gasteiger partial charge in [0.15, 0.2) is 0 Å². The van der Waals surface area contributed by atoms with Crippen LogP contribution in [0.2, 0.25) is 0 Å². The van der Waals surface area contributed by atoms with E-state index in [1.165, 1.54) is 4.90 Å². The van der Waals surface area contributed by atoms with Gasteiger partial charge in [0.2, 0.25) is 5.91 Å². The number of benzene rings is 2. The molecule has 1 heterocycles. The molecule has 1 aliphatic heterocycles. The third-order valence-electron chi connectivity index (χ3n) is 4.05. The minimum absolute atomic E-state index is 0.0405. The number of likely N-dealkylation sites (N-methyl/N-ethyl adjacent to an activating group) is 1. The molecule has 0 atom stereocenters. The summed E-state index contributed by atoms with van der Waals surface area (Å²) < 4.78 is 6.05. The molecule has 0 unspecified atom stereocenters. The van der Waals surface area contributed by atoms with Gasteiger partial charge >= 0.3 is 0 Å². The lowest BCUT2D eigenvalue weighted by Gasteiger charge is -2.20. The maximum atomic E-state index is 12.9. The molecule has 24 heavy (non-hydrogen) atoms. The second-order valence-electron chi connectivity index (χ2n) is 5.63. The first-order valence-electron chi connectivity index (χ1n) is 7.48. The van der Waals surface area contributed by atoms with Crippen LogP contribution in [-0.4, -0.2) is 37.4 Å². The average molecular weight is 389 g/mol. The van der Waals surface area contributed by atoms with Gasteiger partial charge in [-0.1, -0.05) is 28.1 Å². The van der Waals surface area contributed by atoms with Crippen molar-refractivity contribution in [3.63, 3.8) is 0 Å². The van der Waals surface area contributed by atoms with Crippen molar-refractivity contribution >= 4 is 33.4 Å². The summed E-state index contributed by atoms with van der Waals surface area (Å²) in [6.07, 6.45) is 0. The molecule has 0 saturated carbocycles. The fourth-order valence-corrected chi connectivity index (χ4v) is 3.08. The number of ether oxygens (including phenoxy) is 1. The molecule has 0 aromatic heterocycles. The van der Waals surface area contributed by atoms with Crippen molar-refractivity contribution < 1.29 is 14.3 Å². The summed E-state index contributed by atoms with van der Waals surface area (Å²) in [4.78, 5) is 28.4. The van der Waals surface area contributed by atoms with Crippen LogP contribution in [-0.2, 0) is 11.3 Å². The van der Waals surface area contributed by atoms with Gasteiger partial charge in [-0.25, -0.2) is 0 Å². The number of carbonyl (C=O) groups is 2. The Kier molecular flexibility index (Phi) is 4.57. The zero-order valence-corrected chi connectivity index (χ0v) is 15.0. The number of carbonyl (C=O) groups excluding carboxylic acids is 2. The third-order valence-corrected chi connectivity index (χ3v) is 4.54. The van der Waals surface area contributed by atoms with Crippen molar-refractivity contribution in [1.82, 2.24) is 4.90 Å². The van der Waals surface area contributed by atoms with E-state index < -0.39 is 0 Å². The average Bonchev–Trinajstić information content (AvgIpc) is 2.67. The smallest absolute Gasteiger partial charge is 0.256 e. The molecule has 0 N–H and O–H groups in total. The molecule has 0 radical (unpaired) electrons. The lowest BCUT2D eigenvalue weighted by Crippen LogP contribution is -2.37. The highest BCUT2D eigenvalue weighted by atomic mass is 79.9. The summed E-state index contributed by atoms with van der Waals surface area (Å²) in [6.45, 7) is 0.393. The van der Waals surface area contributed by atoms with Crippen LogP contribution in [0.3, 0.4) is 0 Å². The fraction of sp³-hybridized carbons (Fsp3) is 0.222. The summed E-state index contributed by atoms with van der Waals surface area (Å²) in [5.74, 6) is 0.448. The molecule has 0 fully saturated rings. The monoisotopic (exact) mass is 388 g/mol. The van der Waals surface area contributed by atoms with Crippen molar-refractivity contribution in [2.45, 2.75) is 6.54 Å². The van der Waals surface area contributed by atoms with E-state index in [-0.39, 0.29) is 18.4 Å². The van der Waals surface area contributed by atoms with Gasteiger partial charge in [0.05, 0.1) is 18.4 Å². The molecule has 124 valence electrons. The summed E-state index contributed by atoms with van der Waals surface area (Å²) in [5, 5.41) is 0. The Balaban J connectivity index is 1.96. The molecule has 1 aliphatic rings. The maximum absolute atomic E-state index is 12.9. The van der Waals surface area contributed by atoms with Crippen LogP contribution in [0.15, 0.2) is 46.9 Å². The topological polar surface area (TPSA) is 49.9 Å². The first-order valence-corrected chi connectivity index (χ1v) is 8.27. The molecule has 0 bridgehead atoms. The minimum Gasteiger partial charge on any atom is -0.497 e. The number of anilines is 1. The van der Waals surface area contributed by atoms with Gasteiger partial charge in [-0.15, -0.1) is 0 Å². The fourth-order valence-electron chi connectivity index (χ4n) is 2.73. The van der Waals surface area contributed by atoms with Crippen LogP contribution in [0.4, 0.5) is 5.69 Å². The third kappa shape index (κ3) is 3.14. The predicted molar refractivity (Wildman–Crippen MR) is 95.3 cm³/mol. The van der Waals surface area contributed by atoms with E-state index in [2.05, 4.69) is 15.9 Å². The Morgan fingerprint density at radius 2 is 1.96 bits per heavy atom. The van der Waals surface area contributed by atoms with Crippen LogP contribution >= 0.6 is 15.9 Å². The summed E-state index contributed by atoms with van der Waals surface area (Å²) in [5.41, 5.74) is 2.06. The van der Waals surface area contributed by atoms with Crippen molar-refractivity contribution in [2.24, 2.45) is 0 Å². The zero-order valence-electron chi connectivity index (χ0n) is 13.5. The Hall–Kier alpha value is -2.34. The largest absolute Gasteiger partial charge is 0.497 e. The maximum Gasteiger partial charge on any atom is 0.256 e. The number of halogens is 1. The van der Waals surface area contributed by atoms with Gasteiger partial charge in [0, 0.05) is 18.1 Å². The molecule has 3 rings (SSSR count). The molecule has 2 aromatic carbocycles. The normalized spacial score (nSPS) is 14.5. The second-order valence-corrected chi connectivity index (χ2v) is 6.54. The number of amides is 2. The standard InChI is InChI=1S/C18H17BrN2O3/c1-20-16-9-13(19)6-7-15(16)18(23)21(11-17(20)22)10-12-4-3-5-14(8-12)24-2/h3-9H,10-11H2,1-2H3. The molecular weight excluding hydrogens is 372 g/mol. The van der Waals surface area contributed by atoms with Crippen LogP contribution in [0.5, 0.6) is 5.75 Å². The van der Waals surface area contributed by atoms with E-state index in [4.69, 9.17) is 4.74 Å². The Morgan fingerprint density at radius 1 is 1.17 bits per heavy atom. The van der Waals surface area contributed by atoms with Crippen molar-refractivity contribution in [3.05, 3.63) is 58.1 Å². The zero-order chi connectivity index (χ0) is 17.3. The van der Waals surface area contributed by atoms with E-state index in [1.807, 2.05) is 30.3 Å². The highest BCUT2D eigenvalue weighted by Crippen LogP contribution is 2.29. The van der Waals surface area contributed by atoms with Gasteiger partial charge in [0.25, 0.3) is 5.91 Å². The number of methoxy groups -OCH3 is 1. The molecule has 2 aromatic rings. The van der Waals surface area contributed by atoms with Gasteiger partial charge in [-0.3, -0.25) is 9.59 Å². The number of fused-ring (bicyclic) bond motifs is 1. The van der Waals surface area contributed by atoms with Gasteiger partial charge < -0.3 is 14.5 Å². The Morgan fingerprint density at radius 3 is 2.71 bits per heavy atom. The van der Waals surface area contributed by atoms with Crippen LogP contribution < -0.4 is 9.64 Å². The van der Waals surface area contributed by atoms with Crippen LogP contribution in [0, 0.1) is 0 Å². The molecular formula is C18H17BrN2O3. The molecule has 0 spiro atoms. The lowest BCUT2D eigenvalue weighted by atomic mass is 10.1. The second kappa shape index (κ2) is 6.65. The summed E-state index contributed by atoms with van der Waals surface area (Å²) in [6, 6.07) is 12.8. The van der Waals surface area contributed by atoms with Gasteiger partial charge in [0.1, 0.15) is 12.3 Å². The first-order chi connectivity index (χ1) is 11.5. The minimum atomic E-state index is -0.155.